The van der Waals surface area contributed by atoms with Crippen LogP contribution in [0.15, 0.2) is 24.3 Å². The normalized spacial score (nSPS) is 10.7. The highest BCUT2D eigenvalue weighted by Crippen LogP contribution is 2.24. The Balaban J connectivity index is 2.30. The monoisotopic (exact) mass is 289 g/mol. The summed E-state index contributed by atoms with van der Waals surface area (Å²) in [5.74, 6) is -9.89. The van der Waals surface area contributed by atoms with Gasteiger partial charge in [0.15, 0.2) is 23.3 Å². The molecule has 2 aromatic carbocycles. The Morgan fingerprint density at radius 1 is 0.850 bits per heavy atom. The maximum atomic E-state index is 13.4. The molecule has 0 aliphatic heterocycles. The van der Waals surface area contributed by atoms with Crippen molar-refractivity contribution in [1.29, 1.82) is 0 Å². The van der Waals surface area contributed by atoms with Crippen molar-refractivity contribution < 1.29 is 26.7 Å². The zero-order valence-corrected chi connectivity index (χ0v) is 9.89. The smallest absolute Gasteiger partial charge is 0.200 e. The largest absolute Gasteiger partial charge is 0.489 e. The van der Waals surface area contributed by atoms with Gasteiger partial charge in [-0.3, -0.25) is 0 Å². The topological polar surface area (TPSA) is 35.2 Å². The molecule has 0 amide bonds. The van der Waals surface area contributed by atoms with Gasteiger partial charge < -0.3 is 10.5 Å². The molecule has 2 aromatic rings. The van der Waals surface area contributed by atoms with E-state index in [4.69, 9.17) is 10.5 Å². The van der Waals surface area contributed by atoms with Crippen LogP contribution in [0.3, 0.4) is 0 Å². The summed E-state index contributed by atoms with van der Waals surface area (Å²) in [4.78, 5) is 0. The van der Waals surface area contributed by atoms with Crippen molar-refractivity contribution in [3.63, 3.8) is 0 Å². The van der Waals surface area contributed by atoms with Crippen molar-refractivity contribution in [3.8, 4) is 5.75 Å². The fourth-order valence-corrected chi connectivity index (χ4v) is 1.54. The summed E-state index contributed by atoms with van der Waals surface area (Å²) in [5, 5.41) is 0. The van der Waals surface area contributed by atoms with Gasteiger partial charge in [-0.15, -0.1) is 0 Å². The van der Waals surface area contributed by atoms with E-state index in [0.717, 1.165) is 0 Å². The van der Waals surface area contributed by atoms with Gasteiger partial charge in [-0.05, 0) is 12.1 Å². The van der Waals surface area contributed by atoms with Crippen LogP contribution in [0.1, 0.15) is 5.56 Å². The Kier molecular flexibility index (Phi) is 3.78. The minimum Gasteiger partial charge on any atom is -0.489 e. The first-order valence-electron chi connectivity index (χ1n) is 5.40. The zero-order valence-electron chi connectivity index (χ0n) is 9.89. The third-order valence-electron chi connectivity index (χ3n) is 2.54. The van der Waals surface area contributed by atoms with E-state index >= 15 is 0 Å². The van der Waals surface area contributed by atoms with E-state index in [2.05, 4.69) is 0 Å². The van der Waals surface area contributed by atoms with E-state index in [1.165, 1.54) is 18.2 Å². The van der Waals surface area contributed by atoms with Crippen molar-refractivity contribution in [2.45, 2.75) is 6.61 Å². The third-order valence-corrected chi connectivity index (χ3v) is 2.54. The second kappa shape index (κ2) is 5.36. The van der Waals surface area contributed by atoms with Crippen LogP contribution in [0.25, 0.3) is 0 Å². The number of hydrogen-bond donors (Lipinski definition) is 1. The fraction of sp³-hybridized carbons (Fsp3) is 0.0769. The van der Waals surface area contributed by atoms with Crippen LogP contribution in [0.2, 0.25) is 0 Å². The Hall–Kier alpha value is -2.31. The van der Waals surface area contributed by atoms with Crippen LogP contribution in [-0.4, -0.2) is 0 Å². The summed E-state index contributed by atoms with van der Waals surface area (Å²) >= 11 is 0. The van der Waals surface area contributed by atoms with Gasteiger partial charge in [0.05, 0.1) is 5.56 Å². The van der Waals surface area contributed by atoms with E-state index in [1.807, 2.05) is 0 Å². The number of benzene rings is 2. The molecule has 2 N–H and O–H groups in total. The fourth-order valence-electron chi connectivity index (χ4n) is 1.54. The Morgan fingerprint density at radius 3 is 1.95 bits per heavy atom. The lowest BCUT2D eigenvalue weighted by Gasteiger charge is -2.10. The Morgan fingerprint density at radius 2 is 1.40 bits per heavy atom. The van der Waals surface area contributed by atoms with E-state index in [0.29, 0.717) is 5.69 Å². The number of hydrogen-bond acceptors (Lipinski definition) is 2. The third kappa shape index (κ3) is 2.52. The molecule has 2 rings (SSSR count). The van der Waals surface area contributed by atoms with Gasteiger partial charge >= 0.3 is 0 Å². The number of ether oxygens (including phenoxy) is 1. The molecule has 7 heteroatoms. The van der Waals surface area contributed by atoms with Crippen LogP contribution >= 0.6 is 0 Å². The molecule has 0 atom stereocenters. The van der Waals surface area contributed by atoms with E-state index in [9.17, 15) is 22.0 Å². The molecular weight excluding hydrogens is 281 g/mol. The maximum absolute atomic E-state index is 13.4. The first kappa shape index (κ1) is 14.1. The van der Waals surface area contributed by atoms with Crippen LogP contribution < -0.4 is 10.5 Å². The Bertz CT molecular complexity index is 630. The lowest BCUT2D eigenvalue weighted by Crippen LogP contribution is -2.09. The van der Waals surface area contributed by atoms with Crippen molar-refractivity contribution in [1.82, 2.24) is 0 Å². The van der Waals surface area contributed by atoms with Crippen molar-refractivity contribution in [3.05, 3.63) is 58.9 Å². The van der Waals surface area contributed by atoms with Gasteiger partial charge in [0, 0.05) is 11.8 Å². The van der Waals surface area contributed by atoms with Crippen molar-refractivity contribution in [2.24, 2.45) is 0 Å². The molecule has 0 bridgehead atoms. The molecule has 0 heterocycles. The molecular formula is C13H8F5NO. The van der Waals surface area contributed by atoms with Crippen LogP contribution in [-0.2, 0) is 6.61 Å². The average molecular weight is 289 g/mol. The number of nitrogen functional groups attached to an aromatic ring is 1. The summed E-state index contributed by atoms with van der Waals surface area (Å²) in [6.45, 7) is -0.810. The predicted octanol–water partition coefficient (Wildman–Crippen LogP) is 3.54. The minimum atomic E-state index is -2.20. The van der Waals surface area contributed by atoms with Crippen molar-refractivity contribution in [2.75, 3.05) is 5.73 Å². The number of halogens is 5. The first-order chi connectivity index (χ1) is 9.41. The molecule has 0 fully saturated rings. The maximum Gasteiger partial charge on any atom is 0.200 e. The number of anilines is 1. The summed E-state index contributed by atoms with van der Waals surface area (Å²) < 4.78 is 70.4. The Labute approximate surface area is 110 Å². The number of nitrogens with two attached hydrogens (primary N) is 1. The van der Waals surface area contributed by atoms with Gasteiger partial charge in [-0.1, -0.05) is 6.07 Å². The second-order valence-corrected chi connectivity index (χ2v) is 3.91. The van der Waals surface area contributed by atoms with Gasteiger partial charge in [0.25, 0.3) is 0 Å². The lowest BCUT2D eigenvalue weighted by atomic mass is 10.2. The molecule has 0 unspecified atom stereocenters. The molecule has 0 aliphatic carbocycles. The molecule has 0 saturated carbocycles. The first-order valence-corrected chi connectivity index (χ1v) is 5.40. The van der Waals surface area contributed by atoms with Gasteiger partial charge in [0.1, 0.15) is 12.4 Å². The molecule has 0 saturated heterocycles. The number of rotatable bonds is 3. The van der Waals surface area contributed by atoms with Gasteiger partial charge in [-0.25, -0.2) is 22.0 Å². The van der Waals surface area contributed by atoms with Crippen LogP contribution in [0, 0.1) is 29.1 Å². The standard InChI is InChI=1S/C13H8F5NO/c14-9-8(10(15)12(17)13(18)11(9)16)5-20-7-3-1-2-6(19)4-7/h1-4H,5,19H2. The van der Waals surface area contributed by atoms with Crippen LogP contribution in [0.4, 0.5) is 27.6 Å². The SMILES string of the molecule is Nc1cccc(OCc2c(F)c(F)c(F)c(F)c2F)c1. The van der Waals surface area contributed by atoms with Gasteiger partial charge in [-0.2, -0.15) is 0 Å². The lowest BCUT2D eigenvalue weighted by molar-refractivity contribution is 0.279. The molecule has 0 aromatic heterocycles. The van der Waals surface area contributed by atoms with E-state index in [1.54, 1.807) is 6.07 Å². The highest BCUT2D eigenvalue weighted by Gasteiger charge is 2.25. The highest BCUT2D eigenvalue weighted by molar-refractivity contribution is 5.43. The summed E-state index contributed by atoms with van der Waals surface area (Å²) in [5.41, 5.74) is 4.75. The quantitative estimate of drug-likeness (QED) is 0.406. The molecule has 106 valence electrons. The van der Waals surface area contributed by atoms with Crippen LogP contribution in [0.5, 0.6) is 5.75 Å². The summed E-state index contributed by atoms with van der Waals surface area (Å²) in [6.07, 6.45) is 0. The predicted molar refractivity (Wildman–Crippen MR) is 61.4 cm³/mol. The molecule has 0 spiro atoms. The zero-order chi connectivity index (χ0) is 14.9. The molecule has 0 radical (unpaired) electrons. The average Bonchev–Trinajstić information content (AvgIpc) is 2.43. The molecule has 2 nitrogen and oxygen atoms in total. The molecule has 0 aliphatic rings. The minimum absolute atomic E-state index is 0.147. The van der Waals surface area contributed by atoms with E-state index < -0.39 is 41.3 Å². The summed E-state index contributed by atoms with van der Waals surface area (Å²) in [6, 6.07) is 5.85. The highest BCUT2D eigenvalue weighted by atomic mass is 19.2. The van der Waals surface area contributed by atoms with E-state index in [-0.39, 0.29) is 5.75 Å². The van der Waals surface area contributed by atoms with Crippen molar-refractivity contribution >= 4 is 5.69 Å². The van der Waals surface area contributed by atoms with Gasteiger partial charge in [0.2, 0.25) is 5.82 Å². The second-order valence-electron chi connectivity index (χ2n) is 3.91. The summed E-state index contributed by atoms with van der Waals surface area (Å²) in [7, 11) is 0. The molecule has 20 heavy (non-hydrogen) atoms.